The van der Waals surface area contributed by atoms with Crippen molar-refractivity contribution in [2.75, 3.05) is 0 Å². The normalized spacial score (nSPS) is 11.2. The molecule has 0 radical (unpaired) electrons. The molecule has 2 aromatic carbocycles. The van der Waals surface area contributed by atoms with Crippen molar-refractivity contribution in [3.8, 4) is 11.4 Å². The third kappa shape index (κ3) is 3.23. The highest BCUT2D eigenvalue weighted by Crippen LogP contribution is 2.18. The summed E-state index contributed by atoms with van der Waals surface area (Å²) in [5.41, 5.74) is 3.11. The molecular formula is C16H13BrN4S. The lowest BCUT2D eigenvalue weighted by atomic mass is 10.1. The van der Waals surface area contributed by atoms with Gasteiger partial charge in [0, 0.05) is 10.0 Å². The molecular weight excluding hydrogens is 360 g/mol. The SMILES string of the molecule is Cc1cccc(-c2n[nH]c(=S)n2N=Cc2cccc(Br)c2)c1. The molecule has 6 heteroatoms. The van der Waals surface area contributed by atoms with Crippen LogP contribution in [0.4, 0.5) is 0 Å². The Morgan fingerprint density at radius 3 is 2.82 bits per heavy atom. The minimum Gasteiger partial charge on any atom is -0.250 e. The van der Waals surface area contributed by atoms with Gasteiger partial charge in [-0.15, -0.1) is 0 Å². The van der Waals surface area contributed by atoms with E-state index in [1.165, 1.54) is 0 Å². The van der Waals surface area contributed by atoms with Crippen LogP contribution in [0.1, 0.15) is 11.1 Å². The third-order valence-electron chi connectivity index (χ3n) is 3.10. The van der Waals surface area contributed by atoms with Crippen LogP contribution in [0, 0.1) is 11.7 Å². The van der Waals surface area contributed by atoms with Crippen molar-refractivity contribution < 1.29 is 0 Å². The minimum atomic E-state index is 0.461. The van der Waals surface area contributed by atoms with Crippen molar-refractivity contribution in [3.63, 3.8) is 0 Å². The number of nitrogens with one attached hydrogen (secondary N) is 1. The van der Waals surface area contributed by atoms with Gasteiger partial charge in [0.25, 0.3) is 0 Å². The van der Waals surface area contributed by atoms with E-state index in [9.17, 15) is 0 Å². The van der Waals surface area contributed by atoms with Crippen molar-refractivity contribution in [2.45, 2.75) is 6.92 Å². The van der Waals surface area contributed by atoms with E-state index in [4.69, 9.17) is 12.2 Å². The Labute approximate surface area is 141 Å². The summed E-state index contributed by atoms with van der Waals surface area (Å²) in [6, 6.07) is 16.0. The molecule has 4 nitrogen and oxygen atoms in total. The number of benzene rings is 2. The summed E-state index contributed by atoms with van der Waals surface area (Å²) < 4.78 is 3.10. The smallest absolute Gasteiger partial charge is 0.216 e. The molecule has 0 spiro atoms. The first-order valence-electron chi connectivity index (χ1n) is 6.68. The zero-order chi connectivity index (χ0) is 15.5. The van der Waals surface area contributed by atoms with E-state index < -0.39 is 0 Å². The lowest BCUT2D eigenvalue weighted by Gasteiger charge is -2.02. The average molecular weight is 373 g/mol. The molecule has 1 N–H and O–H groups in total. The second-order valence-corrected chi connectivity index (χ2v) is 6.14. The van der Waals surface area contributed by atoms with Gasteiger partial charge in [-0.25, -0.2) is 5.10 Å². The van der Waals surface area contributed by atoms with Crippen LogP contribution >= 0.6 is 28.1 Å². The maximum Gasteiger partial charge on any atom is 0.216 e. The van der Waals surface area contributed by atoms with E-state index in [1.807, 2.05) is 49.4 Å². The summed E-state index contributed by atoms with van der Waals surface area (Å²) in [4.78, 5) is 0. The standard InChI is InChI=1S/C16H13BrN4S/c1-11-4-2-6-13(8-11)15-19-20-16(22)21(15)18-10-12-5-3-7-14(17)9-12/h2-10H,1H3,(H,20,22). The van der Waals surface area contributed by atoms with E-state index in [2.05, 4.69) is 37.3 Å². The second-order valence-electron chi connectivity index (χ2n) is 4.83. The van der Waals surface area contributed by atoms with Crippen molar-refractivity contribution in [3.05, 3.63) is 68.9 Å². The van der Waals surface area contributed by atoms with E-state index in [-0.39, 0.29) is 0 Å². The molecule has 0 aliphatic heterocycles. The lowest BCUT2D eigenvalue weighted by Crippen LogP contribution is -1.95. The number of aromatic nitrogens is 3. The van der Waals surface area contributed by atoms with Crippen molar-refractivity contribution >= 4 is 34.4 Å². The highest BCUT2D eigenvalue weighted by atomic mass is 79.9. The first-order chi connectivity index (χ1) is 10.6. The predicted molar refractivity (Wildman–Crippen MR) is 94.7 cm³/mol. The molecule has 110 valence electrons. The minimum absolute atomic E-state index is 0.461. The van der Waals surface area contributed by atoms with Crippen molar-refractivity contribution in [1.29, 1.82) is 0 Å². The molecule has 0 amide bonds. The van der Waals surface area contributed by atoms with Gasteiger partial charge in [-0.3, -0.25) is 0 Å². The first kappa shape index (κ1) is 14.9. The Balaban J connectivity index is 2.01. The van der Waals surface area contributed by atoms with Crippen LogP contribution < -0.4 is 0 Å². The fraction of sp³-hybridized carbons (Fsp3) is 0.0625. The van der Waals surface area contributed by atoms with Crippen LogP contribution in [-0.2, 0) is 0 Å². The Morgan fingerprint density at radius 1 is 1.23 bits per heavy atom. The van der Waals surface area contributed by atoms with E-state index >= 15 is 0 Å². The zero-order valence-electron chi connectivity index (χ0n) is 11.8. The molecule has 0 saturated heterocycles. The van der Waals surface area contributed by atoms with Gasteiger partial charge in [0.2, 0.25) is 4.77 Å². The van der Waals surface area contributed by atoms with Crippen LogP contribution in [0.2, 0.25) is 0 Å². The quantitative estimate of drug-likeness (QED) is 0.540. The highest BCUT2D eigenvalue weighted by Gasteiger charge is 2.07. The van der Waals surface area contributed by atoms with Gasteiger partial charge in [0.15, 0.2) is 5.82 Å². The monoisotopic (exact) mass is 372 g/mol. The van der Waals surface area contributed by atoms with Gasteiger partial charge in [-0.05, 0) is 42.9 Å². The molecule has 3 rings (SSSR count). The van der Waals surface area contributed by atoms with Gasteiger partial charge >= 0.3 is 0 Å². The number of aryl methyl sites for hydroxylation is 1. The van der Waals surface area contributed by atoms with Crippen molar-refractivity contribution in [1.82, 2.24) is 14.9 Å². The van der Waals surface area contributed by atoms with Gasteiger partial charge in [-0.2, -0.15) is 14.9 Å². The summed E-state index contributed by atoms with van der Waals surface area (Å²) in [7, 11) is 0. The van der Waals surface area contributed by atoms with E-state index in [0.717, 1.165) is 21.2 Å². The summed E-state index contributed by atoms with van der Waals surface area (Å²) >= 11 is 8.72. The fourth-order valence-electron chi connectivity index (χ4n) is 2.08. The zero-order valence-corrected chi connectivity index (χ0v) is 14.2. The topological polar surface area (TPSA) is 46.0 Å². The molecule has 0 saturated carbocycles. The second kappa shape index (κ2) is 6.37. The highest BCUT2D eigenvalue weighted by molar-refractivity contribution is 9.10. The van der Waals surface area contributed by atoms with Gasteiger partial charge in [0.1, 0.15) is 0 Å². The molecule has 0 aliphatic rings. The number of rotatable bonds is 3. The van der Waals surface area contributed by atoms with Crippen LogP contribution in [0.3, 0.4) is 0 Å². The molecule has 0 atom stereocenters. The number of H-pyrrole nitrogens is 1. The van der Waals surface area contributed by atoms with Crippen LogP contribution in [-0.4, -0.2) is 21.1 Å². The third-order valence-corrected chi connectivity index (χ3v) is 3.86. The Bertz CT molecular complexity index is 895. The summed E-state index contributed by atoms with van der Waals surface area (Å²) in [6.45, 7) is 2.04. The average Bonchev–Trinajstić information content (AvgIpc) is 2.86. The molecule has 22 heavy (non-hydrogen) atoms. The van der Waals surface area contributed by atoms with Gasteiger partial charge in [-0.1, -0.05) is 51.8 Å². The molecule has 0 aliphatic carbocycles. The Hall–Kier alpha value is -2.05. The molecule has 1 heterocycles. The van der Waals surface area contributed by atoms with Crippen molar-refractivity contribution in [2.24, 2.45) is 5.10 Å². The largest absolute Gasteiger partial charge is 0.250 e. The Kier molecular flexibility index (Phi) is 4.31. The maximum atomic E-state index is 5.27. The lowest BCUT2D eigenvalue weighted by molar-refractivity contribution is 0.871. The fourth-order valence-corrected chi connectivity index (χ4v) is 2.68. The summed E-state index contributed by atoms with van der Waals surface area (Å²) in [5.74, 6) is 0.694. The number of nitrogens with zero attached hydrogens (tertiary/aromatic N) is 3. The number of halogens is 1. The van der Waals surface area contributed by atoms with Gasteiger partial charge < -0.3 is 0 Å². The number of aromatic amines is 1. The van der Waals surface area contributed by atoms with Crippen LogP contribution in [0.5, 0.6) is 0 Å². The first-order valence-corrected chi connectivity index (χ1v) is 7.88. The maximum absolute atomic E-state index is 5.27. The Morgan fingerprint density at radius 2 is 2.05 bits per heavy atom. The van der Waals surface area contributed by atoms with Crippen LogP contribution in [0.15, 0.2) is 58.1 Å². The molecule has 0 unspecified atom stereocenters. The summed E-state index contributed by atoms with van der Waals surface area (Å²) in [5, 5.41) is 11.5. The molecule has 3 aromatic rings. The number of hydrogen-bond acceptors (Lipinski definition) is 3. The van der Waals surface area contributed by atoms with Crippen LogP contribution in [0.25, 0.3) is 11.4 Å². The molecule has 0 bridgehead atoms. The van der Waals surface area contributed by atoms with E-state index in [1.54, 1.807) is 10.9 Å². The van der Waals surface area contributed by atoms with E-state index in [0.29, 0.717) is 10.6 Å². The molecule has 1 aromatic heterocycles. The predicted octanol–water partition coefficient (Wildman–Crippen LogP) is 4.56. The number of hydrogen-bond donors (Lipinski definition) is 1. The summed E-state index contributed by atoms with van der Waals surface area (Å²) in [6.07, 6.45) is 1.76. The molecule has 0 fully saturated rings. The van der Waals surface area contributed by atoms with Gasteiger partial charge in [0.05, 0.1) is 6.21 Å².